The van der Waals surface area contributed by atoms with E-state index in [2.05, 4.69) is 4.98 Å². The Kier molecular flexibility index (Phi) is 8.89. The summed E-state index contributed by atoms with van der Waals surface area (Å²) in [6.45, 7) is 2.62. The molecule has 2 heterocycles. The smallest absolute Gasteiger partial charge is 0.303 e. The summed E-state index contributed by atoms with van der Waals surface area (Å²) in [4.78, 5) is 29.6. The van der Waals surface area contributed by atoms with Crippen molar-refractivity contribution in [2.45, 2.75) is 45.6 Å². The molecule has 1 aromatic carbocycles. The number of rotatable bonds is 11. The van der Waals surface area contributed by atoms with Crippen molar-refractivity contribution in [3.63, 3.8) is 0 Å². The monoisotopic (exact) mass is 452 g/mol. The van der Waals surface area contributed by atoms with Gasteiger partial charge in [0, 0.05) is 37.3 Å². The fourth-order valence-corrected chi connectivity index (χ4v) is 3.91. The van der Waals surface area contributed by atoms with E-state index in [1.807, 2.05) is 35.2 Å². The number of amides is 1. The van der Waals surface area contributed by atoms with E-state index in [0.717, 1.165) is 28.8 Å². The van der Waals surface area contributed by atoms with Gasteiger partial charge >= 0.3 is 5.97 Å². The molecule has 0 unspecified atom stereocenters. The van der Waals surface area contributed by atoms with E-state index < -0.39 is 11.8 Å². The van der Waals surface area contributed by atoms with Crippen molar-refractivity contribution in [1.29, 1.82) is 0 Å². The number of carboxylic acid groups (broad SMARTS) is 1. The lowest BCUT2D eigenvalue weighted by Gasteiger charge is -2.20. The summed E-state index contributed by atoms with van der Waals surface area (Å²) in [5, 5.41) is 8.78. The van der Waals surface area contributed by atoms with Gasteiger partial charge in [0.15, 0.2) is 0 Å². The first-order valence-corrected chi connectivity index (χ1v) is 11.1. The molecule has 0 bridgehead atoms. The number of para-hydroxylation sites is 1. The zero-order chi connectivity index (χ0) is 23.6. The number of pyridine rings is 1. The zero-order valence-electron chi connectivity index (χ0n) is 18.8. The van der Waals surface area contributed by atoms with Crippen LogP contribution in [0.4, 0.5) is 10.1 Å². The Morgan fingerprint density at radius 1 is 1.21 bits per heavy atom. The predicted octanol–water partition coefficient (Wildman–Crippen LogP) is 4.78. The molecule has 2 aromatic rings. The van der Waals surface area contributed by atoms with Crippen LogP contribution in [0.2, 0.25) is 0 Å². The van der Waals surface area contributed by atoms with Gasteiger partial charge < -0.3 is 14.7 Å². The van der Waals surface area contributed by atoms with E-state index in [4.69, 9.17) is 9.84 Å². The van der Waals surface area contributed by atoms with Crippen LogP contribution in [-0.4, -0.2) is 35.1 Å². The first kappa shape index (κ1) is 24.3. The van der Waals surface area contributed by atoms with Gasteiger partial charge in [-0.15, -0.1) is 0 Å². The summed E-state index contributed by atoms with van der Waals surface area (Å²) >= 11 is 0. The Bertz CT molecular complexity index is 1030. The number of aromatic nitrogens is 1. The maximum Gasteiger partial charge on any atom is 0.303 e. The lowest BCUT2D eigenvalue weighted by Crippen LogP contribution is -2.29. The lowest BCUT2D eigenvalue weighted by atomic mass is 10.1. The topological polar surface area (TPSA) is 79.7 Å². The zero-order valence-corrected chi connectivity index (χ0v) is 18.8. The summed E-state index contributed by atoms with van der Waals surface area (Å²) in [5.74, 6) is -1.37. The maximum atomic E-state index is 14.3. The van der Waals surface area contributed by atoms with E-state index in [9.17, 15) is 14.0 Å². The number of anilines is 1. The summed E-state index contributed by atoms with van der Waals surface area (Å²) < 4.78 is 20.0. The first-order valence-electron chi connectivity index (χ1n) is 11.1. The number of ether oxygens (including phenoxy) is 1. The molecule has 1 amide bonds. The van der Waals surface area contributed by atoms with Gasteiger partial charge in [0.1, 0.15) is 5.83 Å². The molecule has 0 aliphatic carbocycles. The number of fused-ring (bicyclic) bond motifs is 1. The normalized spacial score (nSPS) is 13.8. The highest BCUT2D eigenvalue weighted by atomic mass is 19.1. The Balaban J connectivity index is 1.59. The highest BCUT2D eigenvalue weighted by Crippen LogP contribution is 2.33. The summed E-state index contributed by atoms with van der Waals surface area (Å²) in [7, 11) is 0. The van der Waals surface area contributed by atoms with Crippen LogP contribution < -0.4 is 4.90 Å². The molecule has 174 valence electrons. The highest BCUT2D eigenvalue weighted by Gasteiger charge is 2.26. The fourth-order valence-electron chi connectivity index (χ4n) is 3.91. The minimum absolute atomic E-state index is 0.0505. The van der Waals surface area contributed by atoms with Gasteiger partial charge in [0.25, 0.3) is 0 Å². The van der Waals surface area contributed by atoms with Crippen LogP contribution >= 0.6 is 0 Å². The Morgan fingerprint density at radius 3 is 2.79 bits per heavy atom. The van der Waals surface area contributed by atoms with Crippen LogP contribution in [-0.2, 0) is 33.8 Å². The third-order valence-electron chi connectivity index (χ3n) is 5.63. The molecule has 1 aromatic heterocycles. The molecule has 7 heteroatoms. The highest BCUT2D eigenvalue weighted by molar-refractivity contribution is 5.96. The van der Waals surface area contributed by atoms with Crippen molar-refractivity contribution in [3.05, 3.63) is 83.0 Å². The average molecular weight is 453 g/mol. The summed E-state index contributed by atoms with van der Waals surface area (Å²) in [6, 6.07) is 9.72. The number of benzene rings is 1. The third kappa shape index (κ3) is 6.83. The SMILES string of the molecule is C/C=C(CCC(=O)O)\C(F)=C/COCc1cccc2c1N(C(=O)CCc1cccnc1)CC2. The van der Waals surface area contributed by atoms with E-state index in [1.54, 1.807) is 25.4 Å². The largest absolute Gasteiger partial charge is 0.481 e. The molecule has 1 aliphatic heterocycles. The number of halogens is 1. The molecular formula is C26H29FN2O4. The van der Waals surface area contributed by atoms with Crippen LogP contribution in [0, 0.1) is 0 Å². The number of carbonyl (C=O) groups excluding carboxylic acids is 1. The molecule has 3 rings (SSSR count). The minimum Gasteiger partial charge on any atom is -0.481 e. The summed E-state index contributed by atoms with van der Waals surface area (Å²) in [6.07, 6.45) is 8.23. The Morgan fingerprint density at radius 2 is 2.06 bits per heavy atom. The molecule has 0 radical (unpaired) electrons. The van der Waals surface area contributed by atoms with Crippen LogP contribution in [0.15, 0.2) is 66.3 Å². The molecule has 0 saturated heterocycles. The van der Waals surface area contributed by atoms with Gasteiger partial charge in [-0.25, -0.2) is 4.39 Å². The standard InChI is InChI=1S/C26H29FN2O4/c1-2-20(9-11-25(31)32)23(27)13-16-33-18-22-7-3-6-21-12-15-29(26(21)22)24(30)10-8-19-5-4-14-28-17-19/h2-7,13-14,17H,8-12,15-16,18H2,1H3,(H,31,32)/b20-2-,23-13+. The number of hydrogen-bond donors (Lipinski definition) is 1. The van der Waals surface area contributed by atoms with Gasteiger partial charge in [-0.2, -0.15) is 0 Å². The minimum atomic E-state index is -0.962. The molecule has 1 aliphatic rings. The number of allylic oxidation sites excluding steroid dienone is 3. The van der Waals surface area contributed by atoms with E-state index >= 15 is 0 Å². The van der Waals surface area contributed by atoms with Crippen LogP contribution in [0.3, 0.4) is 0 Å². The second kappa shape index (κ2) is 12.1. The van der Waals surface area contributed by atoms with Crippen molar-refractivity contribution in [3.8, 4) is 0 Å². The van der Waals surface area contributed by atoms with Crippen molar-refractivity contribution in [1.82, 2.24) is 4.98 Å². The van der Waals surface area contributed by atoms with E-state index in [0.29, 0.717) is 25.0 Å². The molecule has 0 spiro atoms. The second-order valence-corrected chi connectivity index (χ2v) is 7.86. The van der Waals surface area contributed by atoms with Gasteiger partial charge in [-0.3, -0.25) is 14.6 Å². The third-order valence-corrected chi connectivity index (χ3v) is 5.63. The van der Waals surface area contributed by atoms with E-state index in [1.165, 1.54) is 6.08 Å². The number of nitrogens with zero attached hydrogens (tertiary/aromatic N) is 2. The van der Waals surface area contributed by atoms with Crippen molar-refractivity contribution in [2.24, 2.45) is 0 Å². The van der Waals surface area contributed by atoms with Crippen molar-refractivity contribution in [2.75, 3.05) is 18.1 Å². The number of carbonyl (C=O) groups is 2. The number of aryl methyl sites for hydroxylation is 1. The fraction of sp³-hybridized carbons (Fsp3) is 0.346. The van der Waals surface area contributed by atoms with Crippen LogP contribution in [0.25, 0.3) is 0 Å². The Labute approximate surface area is 193 Å². The number of hydrogen-bond acceptors (Lipinski definition) is 4. The molecule has 6 nitrogen and oxygen atoms in total. The lowest BCUT2D eigenvalue weighted by molar-refractivity contribution is -0.137. The van der Waals surface area contributed by atoms with E-state index in [-0.39, 0.29) is 32.0 Å². The molecule has 33 heavy (non-hydrogen) atoms. The average Bonchev–Trinajstić information content (AvgIpc) is 3.26. The number of carboxylic acids is 1. The van der Waals surface area contributed by atoms with Crippen LogP contribution in [0.5, 0.6) is 0 Å². The van der Waals surface area contributed by atoms with Crippen LogP contribution in [0.1, 0.15) is 42.9 Å². The quantitative estimate of drug-likeness (QED) is 0.392. The number of aliphatic carboxylic acids is 1. The van der Waals surface area contributed by atoms with Gasteiger partial charge in [-0.05, 0) is 55.0 Å². The summed E-state index contributed by atoms with van der Waals surface area (Å²) in [5.41, 5.74) is 4.28. The predicted molar refractivity (Wildman–Crippen MR) is 125 cm³/mol. The van der Waals surface area contributed by atoms with Crippen molar-refractivity contribution >= 4 is 17.6 Å². The van der Waals surface area contributed by atoms with Gasteiger partial charge in [0.2, 0.25) is 5.91 Å². The first-order chi connectivity index (χ1) is 16.0. The van der Waals surface area contributed by atoms with Gasteiger partial charge in [-0.1, -0.05) is 30.3 Å². The molecule has 1 N–H and O–H groups in total. The molecular weight excluding hydrogens is 423 g/mol. The second-order valence-electron chi connectivity index (χ2n) is 7.86. The molecule has 0 fully saturated rings. The Hall–Kier alpha value is -3.32. The molecule has 0 atom stereocenters. The van der Waals surface area contributed by atoms with Crippen molar-refractivity contribution < 1.29 is 23.8 Å². The molecule has 0 saturated carbocycles. The maximum absolute atomic E-state index is 14.3. The van der Waals surface area contributed by atoms with Gasteiger partial charge in [0.05, 0.1) is 18.9 Å².